The zero-order valence-electron chi connectivity index (χ0n) is 14.9. The largest absolute Gasteiger partial charge is 0.383 e. The first-order valence-corrected chi connectivity index (χ1v) is 8.73. The topological polar surface area (TPSA) is 74.3 Å². The Morgan fingerprint density at radius 2 is 2.19 bits per heavy atom. The SMILES string of the molecule is CCN/C(=C1/C(=O)N(CC)C(C2C=CC=CN2)=C1C=O)c1ccccn1. The second kappa shape index (κ2) is 7.82. The highest BCUT2D eigenvalue weighted by atomic mass is 16.2. The van der Waals surface area contributed by atoms with Crippen molar-refractivity contribution in [1.82, 2.24) is 20.5 Å². The fourth-order valence-electron chi connectivity index (χ4n) is 3.25. The van der Waals surface area contributed by atoms with Crippen LogP contribution in [0.15, 0.2) is 65.7 Å². The third-order valence-electron chi connectivity index (χ3n) is 4.34. The molecule has 0 bridgehead atoms. The van der Waals surface area contributed by atoms with E-state index in [1.54, 1.807) is 11.1 Å². The zero-order valence-corrected chi connectivity index (χ0v) is 14.9. The Morgan fingerprint density at radius 1 is 1.35 bits per heavy atom. The fraction of sp³-hybridized carbons (Fsp3) is 0.250. The number of aromatic nitrogens is 1. The number of rotatable bonds is 6. The molecule has 1 aromatic rings. The van der Waals surface area contributed by atoms with Crippen LogP contribution in [-0.2, 0) is 9.59 Å². The fourth-order valence-corrected chi connectivity index (χ4v) is 3.25. The van der Waals surface area contributed by atoms with Crippen LogP contribution < -0.4 is 10.6 Å². The molecule has 26 heavy (non-hydrogen) atoms. The highest BCUT2D eigenvalue weighted by molar-refractivity contribution is 6.15. The molecular formula is C20H22N4O2. The van der Waals surface area contributed by atoms with Gasteiger partial charge in [-0.3, -0.25) is 14.6 Å². The molecule has 3 heterocycles. The number of allylic oxidation sites excluding steroid dienone is 2. The quantitative estimate of drug-likeness (QED) is 0.604. The van der Waals surface area contributed by atoms with Crippen molar-refractivity contribution in [3.05, 3.63) is 71.4 Å². The van der Waals surface area contributed by atoms with Crippen LogP contribution in [0.3, 0.4) is 0 Å². The van der Waals surface area contributed by atoms with Crippen LogP contribution in [0.25, 0.3) is 5.70 Å². The van der Waals surface area contributed by atoms with Gasteiger partial charge in [0.05, 0.1) is 34.3 Å². The van der Waals surface area contributed by atoms with E-state index in [1.807, 2.05) is 56.5 Å². The lowest BCUT2D eigenvalue weighted by Gasteiger charge is -2.25. The summed E-state index contributed by atoms with van der Waals surface area (Å²) in [6.07, 6.45) is 9.97. The second-order valence-electron chi connectivity index (χ2n) is 5.85. The van der Waals surface area contributed by atoms with Crippen molar-refractivity contribution in [2.45, 2.75) is 19.9 Å². The van der Waals surface area contributed by atoms with Gasteiger partial charge in [0.25, 0.3) is 5.91 Å². The highest BCUT2D eigenvalue weighted by Crippen LogP contribution is 2.34. The Labute approximate surface area is 153 Å². The lowest BCUT2D eigenvalue weighted by molar-refractivity contribution is -0.124. The van der Waals surface area contributed by atoms with Crippen LogP contribution in [-0.4, -0.2) is 41.2 Å². The van der Waals surface area contributed by atoms with Gasteiger partial charge in [0, 0.05) is 19.3 Å². The first-order valence-electron chi connectivity index (χ1n) is 8.73. The molecule has 0 aromatic carbocycles. The van der Waals surface area contributed by atoms with Gasteiger partial charge in [-0.15, -0.1) is 0 Å². The Balaban J connectivity index is 2.22. The zero-order chi connectivity index (χ0) is 18.5. The number of hydrogen-bond donors (Lipinski definition) is 2. The molecule has 3 rings (SSSR count). The molecule has 134 valence electrons. The van der Waals surface area contributed by atoms with Crippen molar-refractivity contribution in [2.24, 2.45) is 0 Å². The summed E-state index contributed by atoms with van der Waals surface area (Å²) in [5.74, 6) is -0.184. The van der Waals surface area contributed by atoms with Gasteiger partial charge in [-0.25, -0.2) is 0 Å². The number of dihydropyridines is 1. The molecule has 2 aliphatic rings. The van der Waals surface area contributed by atoms with E-state index in [0.29, 0.717) is 41.3 Å². The Hall–Kier alpha value is -3.15. The molecule has 0 spiro atoms. The molecule has 1 atom stereocenters. The molecule has 0 saturated heterocycles. The third-order valence-corrected chi connectivity index (χ3v) is 4.34. The van der Waals surface area contributed by atoms with Crippen molar-refractivity contribution in [2.75, 3.05) is 13.1 Å². The van der Waals surface area contributed by atoms with Crippen LogP contribution in [0.5, 0.6) is 0 Å². The number of hydrogen-bond acceptors (Lipinski definition) is 5. The summed E-state index contributed by atoms with van der Waals surface area (Å²) in [7, 11) is 0. The van der Waals surface area contributed by atoms with Gasteiger partial charge in [-0.05, 0) is 38.3 Å². The Bertz CT molecular complexity index is 821. The van der Waals surface area contributed by atoms with E-state index < -0.39 is 0 Å². The van der Waals surface area contributed by atoms with Gasteiger partial charge in [0.15, 0.2) is 6.29 Å². The Morgan fingerprint density at radius 3 is 2.77 bits per heavy atom. The first kappa shape index (κ1) is 17.7. The molecule has 6 heteroatoms. The van der Waals surface area contributed by atoms with Gasteiger partial charge in [0.2, 0.25) is 0 Å². The number of pyridine rings is 1. The number of nitrogens with one attached hydrogen (secondary N) is 2. The molecule has 0 radical (unpaired) electrons. The van der Waals surface area contributed by atoms with Crippen molar-refractivity contribution < 1.29 is 9.59 Å². The minimum absolute atomic E-state index is 0.184. The monoisotopic (exact) mass is 350 g/mol. The van der Waals surface area contributed by atoms with Crippen LogP contribution in [0, 0.1) is 0 Å². The predicted octanol–water partition coefficient (Wildman–Crippen LogP) is 1.76. The summed E-state index contributed by atoms with van der Waals surface area (Å²) in [5.41, 5.74) is 2.68. The van der Waals surface area contributed by atoms with Gasteiger partial charge in [-0.2, -0.15) is 0 Å². The van der Waals surface area contributed by atoms with Gasteiger partial charge >= 0.3 is 0 Å². The maximum atomic E-state index is 13.2. The molecule has 6 nitrogen and oxygen atoms in total. The van der Waals surface area contributed by atoms with E-state index in [4.69, 9.17) is 0 Å². The van der Waals surface area contributed by atoms with E-state index in [0.717, 1.165) is 6.29 Å². The molecular weight excluding hydrogens is 328 g/mol. The average molecular weight is 350 g/mol. The van der Waals surface area contributed by atoms with Crippen LogP contribution in [0.4, 0.5) is 0 Å². The minimum Gasteiger partial charge on any atom is -0.383 e. The second-order valence-corrected chi connectivity index (χ2v) is 5.85. The van der Waals surface area contributed by atoms with E-state index >= 15 is 0 Å². The highest BCUT2D eigenvalue weighted by Gasteiger charge is 2.39. The normalized spacial score (nSPS) is 21.1. The van der Waals surface area contributed by atoms with Crippen molar-refractivity contribution in [3.8, 4) is 0 Å². The van der Waals surface area contributed by atoms with E-state index in [2.05, 4.69) is 15.6 Å². The smallest absolute Gasteiger partial charge is 0.261 e. The average Bonchev–Trinajstić information content (AvgIpc) is 2.98. The van der Waals surface area contributed by atoms with E-state index in [-0.39, 0.29) is 11.9 Å². The first-order chi connectivity index (χ1) is 12.7. The molecule has 0 aliphatic carbocycles. The maximum absolute atomic E-state index is 13.2. The summed E-state index contributed by atoms with van der Waals surface area (Å²) in [4.78, 5) is 31.2. The number of carbonyl (C=O) groups is 2. The Kier molecular flexibility index (Phi) is 5.31. The van der Waals surface area contributed by atoms with Crippen LogP contribution in [0.1, 0.15) is 19.5 Å². The number of aldehydes is 1. The number of nitrogens with zero attached hydrogens (tertiary/aromatic N) is 2. The number of amides is 1. The minimum atomic E-state index is -0.229. The summed E-state index contributed by atoms with van der Waals surface area (Å²) < 4.78 is 0. The van der Waals surface area contributed by atoms with Gasteiger partial charge in [-0.1, -0.05) is 18.2 Å². The predicted molar refractivity (Wildman–Crippen MR) is 101 cm³/mol. The van der Waals surface area contributed by atoms with Crippen LogP contribution >= 0.6 is 0 Å². The number of carbonyl (C=O) groups excluding carboxylic acids is 2. The summed E-state index contributed by atoms with van der Waals surface area (Å²) in [6.45, 7) is 4.94. The molecule has 1 aromatic heterocycles. The number of likely N-dealkylation sites (N-methyl/N-ethyl adjacent to an activating group) is 1. The molecule has 2 aliphatic heterocycles. The molecule has 0 fully saturated rings. The van der Waals surface area contributed by atoms with Crippen molar-refractivity contribution in [1.29, 1.82) is 0 Å². The summed E-state index contributed by atoms with van der Waals surface area (Å²) >= 11 is 0. The van der Waals surface area contributed by atoms with Gasteiger partial charge < -0.3 is 15.5 Å². The standard InChI is InChI=1S/C20H22N4O2/c1-3-21-18(15-9-5-7-11-22-15)17-14(13-25)19(24(4-2)20(17)26)16-10-6-8-12-23-16/h5-13,16,21,23H,3-4H2,1-2H3/b18-17+. The molecule has 0 saturated carbocycles. The van der Waals surface area contributed by atoms with Crippen molar-refractivity contribution >= 4 is 17.9 Å². The maximum Gasteiger partial charge on any atom is 0.261 e. The molecule has 2 N–H and O–H groups in total. The third kappa shape index (κ3) is 3.06. The summed E-state index contributed by atoms with van der Waals surface area (Å²) in [5, 5.41) is 6.43. The van der Waals surface area contributed by atoms with Gasteiger partial charge in [0.1, 0.15) is 0 Å². The summed E-state index contributed by atoms with van der Waals surface area (Å²) in [6, 6.07) is 5.28. The lowest BCUT2D eigenvalue weighted by Crippen LogP contribution is -2.36. The molecule has 1 amide bonds. The lowest BCUT2D eigenvalue weighted by atomic mass is 10.0. The van der Waals surface area contributed by atoms with Crippen molar-refractivity contribution in [3.63, 3.8) is 0 Å². The molecule has 1 unspecified atom stereocenters. The van der Waals surface area contributed by atoms with E-state index in [9.17, 15) is 9.59 Å². The van der Waals surface area contributed by atoms with Crippen LogP contribution in [0.2, 0.25) is 0 Å². The van der Waals surface area contributed by atoms with E-state index in [1.165, 1.54) is 0 Å².